The number of para-hydroxylation sites is 1. The summed E-state index contributed by atoms with van der Waals surface area (Å²) in [5, 5.41) is 4.25. The second-order valence-electron chi connectivity index (χ2n) is 6.66. The Kier molecular flexibility index (Phi) is 6.27. The second kappa shape index (κ2) is 9.27. The molecule has 0 radical (unpaired) electrons. The molecule has 0 bridgehead atoms. The summed E-state index contributed by atoms with van der Waals surface area (Å²) < 4.78 is 40.7. The normalized spacial score (nSPS) is 11.3. The fourth-order valence-corrected chi connectivity index (χ4v) is 4.04. The Hall–Kier alpha value is -3.59. The Balaban J connectivity index is 1.47. The van der Waals surface area contributed by atoms with Crippen molar-refractivity contribution in [2.24, 2.45) is 0 Å². The number of aromatic nitrogens is 2. The van der Waals surface area contributed by atoms with Crippen LogP contribution in [-0.2, 0) is 5.75 Å². The van der Waals surface area contributed by atoms with Crippen LogP contribution in [0.15, 0.2) is 84.1 Å². The van der Waals surface area contributed by atoms with Gasteiger partial charge >= 0.3 is 6.36 Å². The molecule has 0 aliphatic carbocycles. The summed E-state index contributed by atoms with van der Waals surface area (Å²) in [4.78, 5) is 21.5. The maximum Gasteiger partial charge on any atom is 0.573 e. The zero-order valence-electron chi connectivity index (χ0n) is 16.5. The zero-order valence-corrected chi connectivity index (χ0v) is 17.3. The van der Waals surface area contributed by atoms with Gasteiger partial charge in [-0.3, -0.25) is 9.78 Å². The van der Waals surface area contributed by atoms with E-state index in [1.807, 2.05) is 30.3 Å². The van der Waals surface area contributed by atoms with Crippen molar-refractivity contribution in [2.45, 2.75) is 17.1 Å². The molecule has 2 aromatic heterocycles. The Bertz CT molecular complexity index is 1240. The van der Waals surface area contributed by atoms with Gasteiger partial charge in [0.15, 0.2) is 0 Å². The molecule has 4 aromatic rings. The van der Waals surface area contributed by atoms with Crippen molar-refractivity contribution < 1.29 is 22.7 Å². The van der Waals surface area contributed by atoms with Crippen molar-refractivity contribution in [1.82, 2.24) is 9.97 Å². The number of fused-ring (bicyclic) bond motifs is 1. The average molecular weight is 455 g/mol. The third-order valence-electron chi connectivity index (χ3n) is 4.47. The minimum absolute atomic E-state index is 0.337. The van der Waals surface area contributed by atoms with E-state index in [0.29, 0.717) is 22.0 Å². The van der Waals surface area contributed by atoms with Crippen molar-refractivity contribution in [3.8, 4) is 5.75 Å². The standard InChI is InChI=1S/C23H16F3N3O2S/c24-23(25,26)31-17-9-7-16(8-10-17)29-21(30)19-5-3-12-28-22(19)32-14-15-11-13-27-20-6-2-1-4-18(15)20/h1-13H,14H2,(H,29,30). The Morgan fingerprint density at radius 2 is 1.72 bits per heavy atom. The molecular formula is C23H16F3N3O2S. The number of hydrogen-bond donors (Lipinski definition) is 1. The lowest BCUT2D eigenvalue weighted by Crippen LogP contribution is -2.17. The molecule has 0 spiro atoms. The molecule has 2 heterocycles. The average Bonchev–Trinajstić information content (AvgIpc) is 2.78. The number of hydrogen-bond acceptors (Lipinski definition) is 5. The number of benzene rings is 2. The van der Waals surface area contributed by atoms with Crippen LogP contribution >= 0.6 is 11.8 Å². The number of thioether (sulfide) groups is 1. The van der Waals surface area contributed by atoms with Gasteiger partial charge in [-0.15, -0.1) is 24.9 Å². The molecule has 32 heavy (non-hydrogen) atoms. The number of rotatable bonds is 6. The SMILES string of the molecule is O=C(Nc1ccc(OC(F)(F)F)cc1)c1cccnc1SCc1ccnc2ccccc12. The first-order valence-corrected chi connectivity index (χ1v) is 10.5. The topological polar surface area (TPSA) is 64.1 Å². The Morgan fingerprint density at radius 1 is 0.938 bits per heavy atom. The van der Waals surface area contributed by atoms with Gasteiger partial charge in [0.2, 0.25) is 0 Å². The van der Waals surface area contributed by atoms with Crippen LogP contribution in [0.4, 0.5) is 18.9 Å². The van der Waals surface area contributed by atoms with Gasteiger partial charge in [-0.2, -0.15) is 0 Å². The number of pyridine rings is 2. The van der Waals surface area contributed by atoms with Crippen LogP contribution in [0.1, 0.15) is 15.9 Å². The van der Waals surface area contributed by atoms with E-state index in [0.717, 1.165) is 28.6 Å². The highest BCUT2D eigenvalue weighted by Crippen LogP contribution is 2.28. The Morgan fingerprint density at radius 3 is 2.50 bits per heavy atom. The van der Waals surface area contributed by atoms with Crippen LogP contribution < -0.4 is 10.1 Å². The Labute approximate surface area is 185 Å². The molecule has 0 saturated heterocycles. The molecule has 162 valence electrons. The van der Waals surface area contributed by atoms with Crippen LogP contribution in [0, 0.1) is 0 Å². The number of anilines is 1. The molecule has 0 fully saturated rings. The predicted molar refractivity (Wildman–Crippen MR) is 117 cm³/mol. The molecule has 1 amide bonds. The number of nitrogens with zero attached hydrogens (tertiary/aromatic N) is 2. The van der Waals surface area contributed by atoms with E-state index in [2.05, 4.69) is 20.0 Å². The van der Waals surface area contributed by atoms with Gasteiger partial charge in [-0.05, 0) is 54.1 Å². The molecule has 0 aliphatic heterocycles. The molecular weight excluding hydrogens is 439 g/mol. The summed E-state index contributed by atoms with van der Waals surface area (Å²) in [6, 6.07) is 18.0. The first-order valence-electron chi connectivity index (χ1n) is 9.47. The number of halogens is 3. The molecule has 4 rings (SSSR count). The molecule has 0 aliphatic rings. The van der Waals surface area contributed by atoms with Crippen molar-refractivity contribution in [3.63, 3.8) is 0 Å². The lowest BCUT2D eigenvalue weighted by molar-refractivity contribution is -0.274. The van der Waals surface area contributed by atoms with Crippen LogP contribution in [0.5, 0.6) is 5.75 Å². The van der Waals surface area contributed by atoms with Gasteiger partial charge in [0, 0.05) is 29.2 Å². The minimum Gasteiger partial charge on any atom is -0.406 e. The van der Waals surface area contributed by atoms with Crippen molar-refractivity contribution >= 4 is 34.3 Å². The lowest BCUT2D eigenvalue weighted by Gasteiger charge is -2.11. The highest BCUT2D eigenvalue weighted by Gasteiger charge is 2.31. The lowest BCUT2D eigenvalue weighted by atomic mass is 10.1. The minimum atomic E-state index is -4.77. The molecule has 0 unspecified atom stereocenters. The largest absolute Gasteiger partial charge is 0.573 e. The number of nitrogens with one attached hydrogen (secondary N) is 1. The van der Waals surface area contributed by atoms with Crippen LogP contribution in [0.25, 0.3) is 10.9 Å². The van der Waals surface area contributed by atoms with Crippen LogP contribution in [0.2, 0.25) is 0 Å². The fraction of sp³-hybridized carbons (Fsp3) is 0.0870. The van der Waals surface area contributed by atoms with E-state index in [4.69, 9.17) is 0 Å². The third-order valence-corrected chi connectivity index (χ3v) is 5.52. The number of alkyl halides is 3. The van der Waals surface area contributed by atoms with E-state index < -0.39 is 12.3 Å². The van der Waals surface area contributed by atoms with E-state index in [1.165, 1.54) is 23.9 Å². The van der Waals surface area contributed by atoms with Crippen LogP contribution in [0.3, 0.4) is 0 Å². The maximum atomic E-state index is 12.8. The number of ether oxygens (including phenoxy) is 1. The first-order chi connectivity index (χ1) is 15.4. The van der Waals surface area contributed by atoms with Crippen molar-refractivity contribution in [1.29, 1.82) is 0 Å². The molecule has 2 aromatic carbocycles. The molecule has 5 nitrogen and oxygen atoms in total. The zero-order chi connectivity index (χ0) is 22.6. The highest BCUT2D eigenvalue weighted by molar-refractivity contribution is 7.98. The van der Waals surface area contributed by atoms with E-state index in [1.54, 1.807) is 24.5 Å². The van der Waals surface area contributed by atoms with Gasteiger partial charge in [-0.1, -0.05) is 18.2 Å². The van der Waals surface area contributed by atoms with Crippen molar-refractivity contribution in [2.75, 3.05) is 5.32 Å². The van der Waals surface area contributed by atoms with E-state index >= 15 is 0 Å². The second-order valence-corrected chi connectivity index (χ2v) is 7.62. The quantitative estimate of drug-likeness (QED) is 0.358. The maximum absolute atomic E-state index is 12.8. The first kappa shape index (κ1) is 21.6. The van der Waals surface area contributed by atoms with Gasteiger partial charge in [0.05, 0.1) is 11.1 Å². The summed E-state index contributed by atoms with van der Waals surface area (Å²) in [6.07, 6.45) is -1.42. The molecule has 0 atom stereocenters. The van der Waals surface area contributed by atoms with Crippen molar-refractivity contribution in [3.05, 3.63) is 90.3 Å². The van der Waals surface area contributed by atoms with Gasteiger partial charge in [0.25, 0.3) is 5.91 Å². The molecule has 0 saturated carbocycles. The predicted octanol–water partition coefficient (Wildman–Crippen LogP) is 6.07. The molecule has 1 N–H and O–H groups in total. The molecule has 9 heteroatoms. The monoisotopic (exact) mass is 455 g/mol. The third kappa shape index (κ3) is 5.36. The van der Waals surface area contributed by atoms with Gasteiger partial charge in [0.1, 0.15) is 10.8 Å². The summed E-state index contributed by atoms with van der Waals surface area (Å²) in [5.41, 5.74) is 2.66. The summed E-state index contributed by atoms with van der Waals surface area (Å²) in [5.74, 6) is -0.188. The van der Waals surface area contributed by atoms with E-state index in [9.17, 15) is 18.0 Å². The summed E-state index contributed by atoms with van der Waals surface area (Å²) in [7, 11) is 0. The number of amides is 1. The summed E-state index contributed by atoms with van der Waals surface area (Å²) in [6.45, 7) is 0. The summed E-state index contributed by atoms with van der Waals surface area (Å²) >= 11 is 1.42. The number of carbonyl (C=O) groups is 1. The van der Waals surface area contributed by atoms with E-state index in [-0.39, 0.29) is 5.75 Å². The van der Waals surface area contributed by atoms with Gasteiger partial charge < -0.3 is 10.1 Å². The smallest absolute Gasteiger partial charge is 0.406 e. The number of carbonyl (C=O) groups excluding carboxylic acids is 1. The van der Waals surface area contributed by atoms with Crippen LogP contribution in [-0.4, -0.2) is 22.2 Å². The van der Waals surface area contributed by atoms with Gasteiger partial charge in [-0.25, -0.2) is 4.98 Å². The highest BCUT2D eigenvalue weighted by atomic mass is 32.2. The fourth-order valence-electron chi connectivity index (χ4n) is 3.04.